The lowest BCUT2D eigenvalue weighted by Gasteiger charge is -2.07. The van der Waals surface area contributed by atoms with Gasteiger partial charge in [-0.1, -0.05) is 38.3 Å². The van der Waals surface area contributed by atoms with Gasteiger partial charge in [-0.05, 0) is 31.6 Å². The van der Waals surface area contributed by atoms with Gasteiger partial charge in [-0.25, -0.2) is 0 Å². The highest BCUT2D eigenvalue weighted by molar-refractivity contribution is 4.87. The van der Waals surface area contributed by atoms with Crippen LogP contribution in [0, 0.1) is 11.8 Å². The van der Waals surface area contributed by atoms with Gasteiger partial charge in [0.25, 0.3) is 0 Å². The Balaban J connectivity index is 2.33. The van der Waals surface area contributed by atoms with Crippen LogP contribution >= 0.6 is 0 Å². The van der Waals surface area contributed by atoms with E-state index in [9.17, 15) is 0 Å². The fourth-order valence-corrected chi connectivity index (χ4v) is 1.98. The lowest BCUT2D eigenvalue weighted by atomic mass is 9.99. The molecular formula is C11H20. The summed E-state index contributed by atoms with van der Waals surface area (Å²) in [6.45, 7) is 4.52. The molecule has 2 unspecified atom stereocenters. The summed E-state index contributed by atoms with van der Waals surface area (Å²) in [6, 6.07) is 0. The van der Waals surface area contributed by atoms with Crippen LogP contribution < -0.4 is 0 Å². The molecule has 0 radical (unpaired) electrons. The Bertz CT molecular complexity index is 124. The summed E-state index contributed by atoms with van der Waals surface area (Å²) in [6.07, 6.45) is 11.8. The molecule has 1 rings (SSSR count). The molecule has 0 aromatic rings. The van der Waals surface area contributed by atoms with Crippen LogP contribution in [0.1, 0.15) is 46.0 Å². The zero-order valence-electron chi connectivity index (χ0n) is 7.84. The highest BCUT2D eigenvalue weighted by Gasteiger charge is 2.12. The minimum Gasteiger partial charge on any atom is -0.0914 e. The second-order valence-corrected chi connectivity index (χ2v) is 3.90. The Morgan fingerprint density at radius 3 is 2.64 bits per heavy atom. The van der Waals surface area contributed by atoms with Gasteiger partial charge in [-0.15, -0.1) is 0 Å². The van der Waals surface area contributed by atoms with E-state index in [0.717, 1.165) is 11.8 Å². The lowest BCUT2D eigenvalue weighted by molar-refractivity contribution is 0.494. The van der Waals surface area contributed by atoms with Gasteiger partial charge >= 0.3 is 0 Å². The maximum Gasteiger partial charge on any atom is -0.0234 e. The number of hydrogen-bond acceptors (Lipinski definition) is 0. The van der Waals surface area contributed by atoms with Gasteiger partial charge in [0.05, 0.1) is 0 Å². The van der Waals surface area contributed by atoms with Crippen molar-refractivity contribution in [3.05, 3.63) is 12.2 Å². The fraction of sp³-hybridized carbons (Fsp3) is 0.818. The Kier molecular flexibility index (Phi) is 3.68. The van der Waals surface area contributed by atoms with E-state index in [4.69, 9.17) is 0 Å². The van der Waals surface area contributed by atoms with Crippen molar-refractivity contribution in [2.45, 2.75) is 46.0 Å². The largest absolute Gasteiger partial charge is 0.0914 e. The van der Waals surface area contributed by atoms with Crippen LogP contribution in [0.25, 0.3) is 0 Å². The molecule has 0 N–H and O–H groups in total. The number of allylic oxidation sites excluding steroid dienone is 2. The van der Waals surface area contributed by atoms with Crippen molar-refractivity contribution in [1.29, 1.82) is 0 Å². The molecule has 0 spiro atoms. The summed E-state index contributed by atoms with van der Waals surface area (Å²) in [7, 11) is 0. The summed E-state index contributed by atoms with van der Waals surface area (Å²) in [5.74, 6) is 1.87. The van der Waals surface area contributed by atoms with Crippen molar-refractivity contribution in [3.63, 3.8) is 0 Å². The number of hydrogen-bond donors (Lipinski definition) is 0. The van der Waals surface area contributed by atoms with Crippen LogP contribution in [0.4, 0.5) is 0 Å². The third-order valence-corrected chi connectivity index (χ3v) is 2.77. The van der Waals surface area contributed by atoms with Crippen LogP contribution in [-0.4, -0.2) is 0 Å². The zero-order valence-corrected chi connectivity index (χ0v) is 7.84. The minimum absolute atomic E-state index is 0.893. The van der Waals surface area contributed by atoms with E-state index in [-0.39, 0.29) is 0 Å². The van der Waals surface area contributed by atoms with Crippen molar-refractivity contribution in [3.8, 4) is 0 Å². The topological polar surface area (TPSA) is 0 Å². The molecule has 11 heavy (non-hydrogen) atoms. The van der Waals surface area contributed by atoms with Crippen molar-refractivity contribution < 1.29 is 0 Å². The summed E-state index contributed by atoms with van der Waals surface area (Å²) in [5.41, 5.74) is 0. The Morgan fingerprint density at radius 1 is 1.09 bits per heavy atom. The lowest BCUT2D eigenvalue weighted by Crippen LogP contribution is -1.93. The predicted octanol–water partition coefficient (Wildman–Crippen LogP) is 3.78. The zero-order chi connectivity index (χ0) is 8.10. The van der Waals surface area contributed by atoms with Crippen LogP contribution in [0.5, 0.6) is 0 Å². The number of rotatable bonds is 1. The predicted molar refractivity (Wildman–Crippen MR) is 50.6 cm³/mol. The summed E-state index contributed by atoms with van der Waals surface area (Å²) < 4.78 is 0. The van der Waals surface area contributed by atoms with E-state index in [2.05, 4.69) is 26.0 Å². The highest BCUT2D eigenvalue weighted by Crippen LogP contribution is 2.27. The quantitative estimate of drug-likeness (QED) is 0.396. The van der Waals surface area contributed by atoms with Crippen LogP contribution in [0.15, 0.2) is 12.2 Å². The smallest absolute Gasteiger partial charge is 0.0234 e. The van der Waals surface area contributed by atoms with Gasteiger partial charge in [0.15, 0.2) is 0 Å². The Morgan fingerprint density at radius 2 is 1.91 bits per heavy atom. The first-order chi connectivity index (χ1) is 5.33. The van der Waals surface area contributed by atoms with Crippen LogP contribution in [0.2, 0.25) is 0 Å². The Labute approximate surface area is 70.7 Å². The molecule has 1 aliphatic rings. The third kappa shape index (κ3) is 3.09. The maximum atomic E-state index is 2.39. The average molecular weight is 152 g/mol. The maximum absolute atomic E-state index is 2.39. The molecule has 0 aromatic carbocycles. The van der Waals surface area contributed by atoms with Gasteiger partial charge in [0.1, 0.15) is 0 Å². The van der Waals surface area contributed by atoms with E-state index in [1.807, 2.05) is 0 Å². The van der Waals surface area contributed by atoms with E-state index in [0.29, 0.717) is 0 Å². The van der Waals surface area contributed by atoms with Gasteiger partial charge < -0.3 is 0 Å². The fourth-order valence-electron chi connectivity index (χ4n) is 1.98. The SMILES string of the molecule is CC=CC1CCCC(C)CC1. The van der Waals surface area contributed by atoms with Crippen molar-refractivity contribution in [1.82, 2.24) is 0 Å². The van der Waals surface area contributed by atoms with Gasteiger partial charge in [0, 0.05) is 0 Å². The molecular weight excluding hydrogens is 132 g/mol. The first-order valence-electron chi connectivity index (χ1n) is 4.95. The molecule has 0 nitrogen and oxygen atoms in total. The summed E-state index contributed by atoms with van der Waals surface area (Å²) >= 11 is 0. The molecule has 0 aromatic heterocycles. The van der Waals surface area contributed by atoms with Gasteiger partial charge in [-0.3, -0.25) is 0 Å². The molecule has 1 fully saturated rings. The average Bonchev–Trinajstić information content (AvgIpc) is 2.17. The molecule has 0 amide bonds. The molecule has 0 aliphatic heterocycles. The van der Waals surface area contributed by atoms with Crippen molar-refractivity contribution >= 4 is 0 Å². The van der Waals surface area contributed by atoms with Crippen molar-refractivity contribution in [2.75, 3.05) is 0 Å². The monoisotopic (exact) mass is 152 g/mol. The van der Waals surface area contributed by atoms with Crippen LogP contribution in [-0.2, 0) is 0 Å². The molecule has 0 bridgehead atoms. The second-order valence-electron chi connectivity index (χ2n) is 3.90. The molecule has 1 aliphatic carbocycles. The third-order valence-electron chi connectivity index (χ3n) is 2.77. The van der Waals surface area contributed by atoms with E-state index >= 15 is 0 Å². The highest BCUT2D eigenvalue weighted by atomic mass is 14.2. The normalized spacial score (nSPS) is 34.0. The Hall–Kier alpha value is -0.260. The van der Waals surface area contributed by atoms with Crippen molar-refractivity contribution in [2.24, 2.45) is 11.8 Å². The summed E-state index contributed by atoms with van der Waals surface area (Å²) in [5, 5.41) is 0. The van der Waals surface area contributed by atoms with Gasteiger partial charge in [-0.2, -0.15) is 0 Å². The van der Waals surface area contributed by atoms with E-state index in [1.165, 1.54) is 32.1 Å². The first-order valence-corrected chi connectivity index (χ1v) is 4.95. The summed E-state index contributed by atoms with van der Waals surface area (Å²) in [4.78, 5) is 0. The van der Waals surface area contributed by atoms with E-state index in [1.54, 1.807) is 0 Å². The second kappa shape index (κ2) is 4.58. The standard InChI is InChI=1S/C11H20/c1-3-5-11-7-4-6-10(2)8-9-11/h3,5,10-11H,4,6-9H2,1-2H3. The molecule has 1 saturated carbocycles. The molecule has 0 saturated heterocycles. The van der Waals surface area contributed by atoms with E-state index < -0.39 is 0 Å². The van der Waals surface area contributed by atoms with Crippen LogP contribution in [0.3, 0.4) is 0 Å². The molecule has 64 valence electrons. The minimum atomic E-state index is 0.893. The molecule has 0 heteroatoms. The van der Waals surface area contributed by atoms with Gasteiger partial charge in [0.2, 0.25) is 0 Å². The molecule has 2 atom stereocenters. The first kappa shape index (κ1) is 8.83. The molecule has 0 heterocycles.